The third-order valence-electron chi connectivity index (χ3n) is 6.71. The number of nitrogens with zero attached hydrogens (tertiary/aromatic N) is 1. The van der Waals surface area contributed by atoms with E-state index in [1.165, 1.54) is 0 Å². The fraction of sp³-hybridized carbons (Fsp3) is 0.393. The van der Waals surface area contributed by atoms with Crippen molar-refractivity contribution >= 4 is 28.9 Å². The van der Waals surface area contributed by atoms with Gasteiger partial charge < -0.3 is 9.47 Å². The van der Waals surface area contributed by atoms with E-state index in [9.17, 15) is 9.59 Å². The van der Waals surface area contributed by atoms with Gasteiger partial charge in [0.05, 0.1) is 18.9 Å². The minimum atomic E-state index is -1.28. The Balaban J connectivity index is 1.85. The predicted octanol–water partition coefficient (Wildman–Crippen LogP) is 5.76. The Morgan fingerprint density at radius 1 is 0.939 bits per heavy atom. The number of hydrogen-bond donors (Lipinski definition) is 0. The number of allylic oxidation sites excluding steroid dienone is 2. The molecule has 1 fully saturated rings. The van der Waals surface area contributed by atoms with Crippen molar-refractivity contribution in [2.45, 2.75) is 47.0 Å². The third kappa shape index (κ3) is 4.12. The van der Waals surface area contributed by atoms with Gasteiger partial charge in [-0.15, -0.1) is 0 Å². The number of rotatable bonds is 6. The second-order valence-electron chi connectivity index (χ2n) is 8.87. The highest BCUT2D eigenvalue weighted by Gasteiger charge is 2.58. The zero-order valence-corrected chi connectivity index (χ0v) is 19.8. The summed E-state index contributed by atoms with van der Waals surface area (Å²) in [5, 5.41) is 0. The zero-order chi connectivity index (χ0) is 23.6. The number of ether oxygens (including phenoxy) is 2. The van der Waals surface area contributed by atoms with Crippen molar-refractivity contribution in [2.24, 2.45) is 16.3 Å². The first-order chi connectivity index (χ1) is 15.9. The minimum Gasteiger partial charge on any atom is -0.465 e. The second kappa shape index (κ2) is 9.34. The molecule has 0 N–H and O–H groups in total. The van der Waals surface area contributed by atoms with Crippen LogP contribution in [0.15, 0.2) is 59.1 Å². The van der Waals surface area contributed by atoms with E-state index in [1.807, 2.05) is 24.3 Å². The molecule has 2 aliphatic carbocycles. The Morgan fingerprint density at radius 2 is 1.55 bits per heavy atom. The van der Waals surface area contributed by atoms with E-state index in [-0.39, 0.29) is 19.1 Å². The van der Waals surface area contributed by atoms with Crippen molar-refractivity contribution in [3.63, 3.8) is 0 Å². The molecule has 2 aliphatic rings. The van der Waals surface area contributed by atoms with Gasteiger partial charge in [0, 0.05) is 11.3 Å². The molecular weight excluding hydrogens is 414 g/mol. The summed E-state index contributed by atoms with van der Waals surface area (Å²) < 4.78 is 10.7. The Morgan fingerprint density at radius 3 is 2.12 bits per heavy atom. The topological polar surface area (TPSA) is 65.0 Å². The second-order valence-corrected chi connectivity index (χ2v) is 8.87. The molecule has 4 rings (SSSR count). The van der Waals surface area contributed by atoms with Crippen LogP contribution in [-0.2, 0) is 19.1 Å². The molecule has 0 heterocycles. The van der Waals surface area contributed by atoms with Crippen LogP contribution in [0.3, 0.4) is 0 Å². The summed E-state index contributed by atoms with van der Waals surface area (Å²) in [6, 6.07) is 16.3. The monoisotopic (exact) mass is 445 g/mol. The summed E-state index contributed by atoms with van der Waals surface area (Å²) in [5.41, 5.74) is 6.20. The van der Waals surface area contributed by atoms with Gasteiger partial charge in [0.15, 0.2) is 5.41 Å². The Labute approximate surface area is 195 Å². The Bertz CT molecular complexity index is 1090. The Kier molecular flexibility index (Phi) is 6.50. The van der Waals surface area contributed by atoms with E-state index < -0.39 is 17.4 Å². The van der Waals surface area contributed by atoms with Crippen molar-refractivity contribution < 1.29 is 19.1 Å². The molecule has 33 heavy (non-hydrogen) atoms. The molecule has 2 aromatic rings. The highest BCUT2D eigenvalue weighted by Crippen LogP contribution is 2.55. The summed E-state index contributed by atoms with van der Waals surface area (Å²) in [4.78, 5) is 31.2. The average molecular weight is 446 g/mol. The SMILES string of the molecule is CCOC(=O)C1(C(=O)OCC)CC2=C(c3ccccc3)C(=Nc3c(C)cccc3C)CC2C1. The quantitative estimate of drug-likeness (QED) is 0.419. The predicted molar refractivity (Wildman–Crippen MR) is 129 cm³/mol. The van der Waals surface area contributed by atoms with Crippen molar-refractivity contribution in [2.75, 3.05) is 13.2 Å². The fourth-order valence-corrected chi connectivity index (χ4v) is 5.20. The molecule has 0 saturated heterocycles. The van der Waals surface area contributed by atoms with Gasteiger partial charge in [-0.05, 0) is 69.6 Å². The van der Waals surface area contributed by atoms with Gasteiger partial charge in [-0.3, -0.25) is 14.6 Å². The molecule has 2 aromatic carbocycles. The first-order valence-corrected chi connectivity index (χ1v) is 11.7. The van der Waals surface area contributed by atoms with E-state index in [0.29, 0.717) is 19.3 Å². The van der Waals surface area contributed by atoms with Crippen LogP contribution >= 0.6 is 0 Å². The lowest BCUT2D eigenvalue weighted by molar-refractivity contribution is -0.171. The number of para-hydroxylation sites is 1. The highest BCUT2D eigenvalue weighted by molar-refractivity contribution is 6.28. The first kappa shape index (κ1) is 23.0. The minimum absolute atomic E-state index is 0.0529. The lowest BCUT2D eigenvalue weighted by Crippen LogP contribution is -2.40. The van der Waals surface area contributed by atoms with Crippen LogP contribution in [0.2, 0.25) is 0 Å². The van der Waals surface area contributed by atoms with Crippen LogP contribution in [0, 0.1) is 25.2 Å². The highest BCUT2D eigenvalue weighted by atomic mass is 16.6. The molecule has 172 valence electrons. The van der Waals surface area contributed by atoms with Crippen LogP contribution in [-0.4, -0.2) is 30.9 Å². The summed E-state index contributed by atoms with van der Waals surface area (Å²) in [7, 11) is 0. The van der Waals surface area contributed by atoms with Gasteiger partial charge in [0.25, 0.3) is 0 Å². The van der Waals surface area contributed by atoms with Crippen LogP contribution in [0.4, 0.5) is 5.69 Å². The van der Waals surface area contributed by atoms with Gasteiger partial charge >= 0.3 is 11.9 Å². The van der Waals surface area contributed by atoms with Crippen LogP contribution in [0.5, 0.6) is 0 Å². The molecule has 0 spiro atoms. The van der Waals surface area contributed by atoms with Crippen molar-refractivity contribution in [1.82, 2.24) is 0 Å². The molecule has 5 nitrogen and oxygen atoms in total. The lowest BCUT2D eigenvalue weighted by Gasteiger charge is -2.25. The van der Waals surface area contributed by atoms with Gasteiger partial charge in [-0.2, -0.15) is 0 Å². The third-order valence-corrected chi connectivity index (χ3v) is 6.71. The summed E-state index contributed by atoms with van der Waals surface area (Å²) in [6.07, 6.45) is 1.39. The van der Waals surface area contributed by atoms with Crippen molar-refractivity contribution in [3.8, 4) is 0 Å². The number of fused-ring (bicyclic) bond motifs is 1. The van der Waals surface area contributed by atoms with E-state index in [2.05, 4.69) is 38.1 Å². The molecule has 0 bridgehead atoms. The maximum atomic E-state index is 13.0. The largest absolute Gasteiger partial charge is 0.465 e. The van der Waals surface area contributed by atoms with Gasteiger partial charge in [0.1, 0.15) is 0 Å². The van der Waals surface area contributed by atoms with Gasteiger partial charge in [0.2, 0.25) is 0 Å². The molecule has 0 aromatic heterocycles. The van der Waals surface area contributed by atoms with Gasteiger partial charge in [-0.25, -0.2) is 0 Å². The number of benzene rings is 2. The summed E-state index contributed by atoms with van der Waals surface area (Å²) in [5.74, 6) is -0.908. The van der Waals surface area contributed by atoms with E-state index in [4.69, 9.17) is 14.5 Å². The molecule has 0 radical (unpaired) electrons. The molecular formula is C28H31NO4. The smallest absolute Gasteiger partial charge is 0.323 e. The van der Waals surface area contributed by atoms with Crippen molar-refractivity contribution in [1.29, 1.82) is 0 Å². The Hall–Kier alpha value is -3.21. The first-order valence-electron chi connectivity index (χ1n) is 11.7. The molecule has 1 saturated carbocycles. The summed E-state index contributed by atoms with van der Waals surface area (Å²) >= 11 is 0. The number of aryl methyl sites for hydroxylation is 2. The zero-order valence-electron chi connectivity index (χ0n) is 19.8. The number of carbonyl (C=O) groups is 2. The molecule has 1 unspecified atom stereocenters. The summed E-state index contributed by atoms with van der Waals surface area (Å²) in [6.45, 7) is 8.13. The number of aliphatic imine (C=N–C) groups is 1. The molecule has 5 heteroatoms. The van der Waals surface area contributed by atoms with E-state index >= 15 is 0 Å². The number of esters is 2. The van der Waals surface area contributed by atoms with Crippen LogP contribution in [0.25, 0.3) is 5.57 Å². The number of carbonyl (C=O) groups excluding carboxylic acids is 2. The molecule has 1 atom stereocenters. The van der Waals surface area contributed by atoms with Crippen LogP contribution < -0.4 is 0 Å². The van der Waals surface area contributed by atoms with Crippen LogP contribution in [0.1, 0.15) is 49.8 Å². The van der Waals surface area contributed by atoms with E-state index in [1.54, 1.807) is 13.8 Å². The normalized spacial score (nSPS) is 20.1. The number of hydrogen-bond acceptors (Lipinski definition) is 5. The standard InChI is InChI=1S/C28H31NO4/c1-5-32-26(30)28(27(31)33-6-2)16-21-15-23(29-25-18(3)11-10-12-19(25)4)24(22(21)17-28)20-13-8-7-9-14-20/h7-14,21H,5-6,15-17H2,1-4H3. The molecule has 0 aliphatic heterocycles. The molecule has 0 amide bonds. The lowest BCUT2D eigenvalue weighted by atomic mass is 9.83. The average Bonchev–Trinajstić information content (AvgIpc) is 3.32. The maximum Gasteiger partial charge on any atom is 0.323 e. The fourth-order valence-electron chi connectivity index (χ4n) is 5.20. The van der Waals surface area contributed by atoms with E-state index in [0.717, 1.165) is 39.2 Å². The van der Waals surface area contributed by atoms with Gasteiger partial charge in [-0.1, -0.05) is 54.1 Å². The maximum absolute atomic E-state index is 13.0. The van der Waals surface area contributed by atoms with Crippen molar-refractivity contribution in [3.05, 3.63) is 70.8 Å².